The average Bonchev–Trinajstić information content (AvgIpc) is 3.30. The Morgan fingerprint density at radius 2 is 2.07 bits per heavy atom. The van der Waals surface area contributed by atoms with Crippen molar-refractivity contribution in [1.82, 2.24) is 15.4 Å². The SMILES string of the molecule is CCNC(=NCC(C)(O)c1ccco1)NCCNS(=O)(=O)c1cccs1.I. The number of thiophene rings is 1. The van der Waals surface area contributed by atoms with Crippen LogP contribution < -0.4 is 15.4 Å². The number of hydrogen-bond acceptors (Lipinski definition) is 6. The van der Waals surface area contributed by atoms with E-state index < -0.39 is 15.6 Å². The van der Waals surface area contributed by atoms with Gasteiger partial charge < -0.3 is 20.2 Å². The molecule has 0 saturated heterocycles. The standard InChI is InChI=1S/C16H24N4O4S2.HI/c1-3-17-15(19-12-16(2,21)13-6-4-10-24-13)18-8-9-20-26(22,23)14-7-5-11-25-14;/h4-7,10-11,20-21H,3,8-9,12H2,1-2H3,(H2,17,18,19);1H. The van der Waals surface area contributed by atoms with Crippen LogP contribution >= 0.6 is 35.3 Å². The number of guanidine groups is 1. The molecular weight excluding hydrogens is 503 g/mol. The van der Waals surface area contributed by atoms with Gasteiger partial charge in [0.05, 0.1) is 12.8 Å². The molecule has 0 aliphatic heterocycles. The van der Waals surface area contributed by atoms with Crippen LogP contribution in [0.5, 0.6) is 0 Å². The molecule has 4 N–H and O–H groups in total. The fourth-order valence-electron chi connectivity index (χ4n) is 2.09. The van der Waals surface area contributed by atoms with Gasteiger partial charge in [0.25, 0.3) is 0 Å². The molecule has 27 heavy (non-hydrogen) atoms. The van der Waals surface area contributed by atoms with E-state index in [1.54, 1.807) is 36.6 Å². The van der Waals surface area contributed by atoms with Gasteiger partial charge in [0, 0.05) is 19.6 Å². The second kappa shape index (κ2) is 11.0. The highest BCUT2D eigenvalue weighted by Crippen LogP contribution is 2.21. The molecule has 11 heteroatoms. The molecule has 0 aliphatic rings. The number of aliphatic imine (C=N–C) groups is 1. The lowest BCUT2D eigenvalue weighted by atomic mass is 10.0. The number of halogens is 1. The lowest BCUT2D eigenvalue weighted by molar-refractivity contribution is 0.0437. The summed E-state index contributed by atoms with van der Waals surface area (Å²) >= 11 is 1.17. The van der Waals surface area contributed by atoms with Gasteiger partial charge in [-0.15, -0.1) is 35.3 Å². The highest BCUT2D eigenvalue weighted by Gasteiger charge is 2.26. The van der Waals surface area contributed by atoms with E-state index in [0.717, 1.165) is 0 Å². The van der Waals surface area contributed by atoms with E-state index in [2.05, 4.69) is 20.3 Å². The summed E-state index contributed by atoms with van der Waals surface area (Å²) in [5, 5.41) is 18.2. The topological polar surface area (TPSA) is 116 Å². The molecule has 2 aromatic heterocycles. The van der Waals surface area contributed by atoms with Gasteiger partial charge in [-0.25, -0.2) is 18.1 Å². The Balaban J connectivity index is 0.00000364. The first-order chi connectivity index (χ1) is 12.3. The van der Waals surface area contributed by atoms with E-state index in [4.69, 9.17) is 4.42 Å². The first kappa shape index (κ1) is 23.9. The van der Waals surface area contributed by atoms with Crippen LogP contribution in [0.25, 0.3) is 0 Å². The normalized spacial score (nSPS) is 14.3. The summed E-state index contributed by atoms with van der Waals surface area (Å²) in [5.74, 6) is 0.912. The maximum Gasteiger partial charge on any atom is 0.250 e. The van der Waals surface area contributed by atoms with Crippen molar-refractivity contribution in [3.8, 4) is 0 Å². The fourth-order valence-corrected chi connectivity index (χ4v) is 4.16. The molecule has 0 spiro atoms. The zero-order valence-corrected chi connectivity index (χ0v) is 19.1. The monoisotopic (exact) mass is 528 g/mol. The zero-order chi connectivity index (χ0) is 19.0. The van der Waals surface area contributed by atoms with Crippen molar-refractivity contribution >= 4 is 51.3 Å². The molecule has 2 rings (SSSR count). The highest BCUT2D eigenvalue weighted by atomic mass is 127. The molecule has 2 heterocycles. The van der Waals surface area contributed by atoms with E-state index in [-0.39, 0.29) is 41.3 Å². The summed E-state index contributed by atoms with van der Waals surface area (Å²) in [6.45, 7) is 4.82. The van der Waals surface area contributed by atoms with Crippen LogP contribution in [0, 0.1) is 0 Å². The molecule has 8 nitrogen and oxygen atoms in total. The van der Waals surface area contributed by atoms with Crippen LogP contribution in [0.15, 0.2) is 49.5 Å². The lowest BCUT2D eigenvalue weighted by Gasteiger charge is -2.19. The maximum absolute atomic E-state index is 12.0. The Bertz CT molecular complexity index is 791. The Labute approximate surface area is 180 Å². The van der Waals surface area contributed by atoms with Crippen LogP contribution in [0.3, 0.4) is 0 Å². The molecule has 0 saturated carbocycles. The van der Waals surface area contributed by atoms with Crippen molar-refractivity contribution in [2.75, 3.05) is 26.2 Å². The third-order valence-corrected chi connectivity index (χ3v) is 6.27. The van der Waals surface area contributed by atoms with Crippen molar-refractivity contribution < 1.29 is 17.9 Å². The summed E-state index contributed by atoms with van der Waals surface area (Å²) in [6, 6.07) is 6.65. The summed E-state index contributed by atoms with van der Waals surface area (Å²) in [4.78, 5) is 4.33. The molecule has 152 valence electrons. The molecule has 0 bridgehead atoms. The van der Waals surface area contributed by atoms with E-state index in [1.807, 2.05) is 6.92 Å². The molecule has 0 aliphatic carbocycles. The third kappa shape index (κ3) is 7.41. The van der Waals surface area contributed by atoms with Gasteiger partial charge in [-0.05, 0) is 37.4 Å². The molecule has 1 unspecified atom stereocenters. The van der Waals surface area contributed by atoms with E-state index in [0.29, 0.717) is 24.8 Å². The number of sulfonamides is 1. The smallest absolute Gasteiger partial charge is 0.250 e. The zero-order valence-electron chi connectivity index (χ0n) is 15.1. The second-order valence-electron chi connectivity index (χ2n) is 5.70. The van der Waals surface area contributed by atoms with Gasteiger partial charge in [0.2, 0.25) is 10.0 Å². The molecule has 0 aromatic carbocycles. The Morgan fingerprint density at radius 1 is 1.30 bits per heavy atom. The minimum absolute atomic E-state index is 0. The fraction of sp³-hybridized carbons (Fsp3) is 0.438. The van der Waals surface area contributed by atoms with Gasteiger partial charge in [-0.1, -0.05) is 6.07 Å². The van der Waals surface area contributed by atoms with Crippen molar-refractivity contribution in [1.29, 1.82) is 0 Å². The molecule has 0 radical (unpaired) electrons. The van der Waals surface area contributed by atoms with Crippen LogP contribution in [0.4, 0.5) is 0 Å². The second-order valence-corrected chi connectivity index (χ2v) is 8.64. The Hall–Kier alpha value is -1.15. The van der Waals surface area contributed by atoms with Crippen LogP contribution in [0.2, 0.25) is 0 Å². The first-order valence-corrected chi connectivity index (χ1v) is 10.5. The minimum atomic E-state index is -3.48. The Kier molecular flexibility index (Phi) is 9.73. The maximum atomic E-state index is 12.0. The summed E-state index contributed by atoms with van der Waals surface area (Å²) in [5.41, 5.74) is -1.23. The Morgan fingerprint density at radius 3 is 2.67 bits per heavy atom. The van der Waals surface area contributed by atoms with E-state index in [9.17, 15) is 13.5 Å². The van der Waals surface area contributed by atoms with E-state index in [1.165, 1.54) is 17.6 Å². The van der Waals surface area contributed by atoms with Gasteiger partial charge in [0.15, 0.2) is 5.96 Å². The summed E-state index contributed by atoms with van der Waals surface area (Å²) in [6.07, 6.45) is 1.50. The molecule has 0 fully saturated rings. The van der Waals surface area contributed by atoms with Crippen LogP contribution in [-0.2, 0) is 15.6 Å². The number of furan rings is 1. The minimum Gasteiger partial charge on any atom is -0.466 e. The summed E-state index contributed by atoms with van der Waals surface area (Å²) < 4.78 is 32.1. The number of aliphatic hydroxyl groups is 1. The largest absolute Gasteiger partial charge is 0.466 e. The van der Waals surface area contributed by atoms with Gasteiger partial charge in [-0.2, -0.15) is 0 Å². The quantitative estimate of drug-likeness (QED) is 0.171. The number of rotatable bonds is 9. The predicted octanol–water partition coefficient (Wildman–Crippen LogP) is 1.70. The molecule has 0 amide bonds. The van der Waals surface area contributed by atoms with Crippen molar-refractivity contribution in [3.05, 3.63) is 41.7 Å². The first-order valence-electron chi connectivity index (χ1n) is 8.17. The molecule has 1 atom stereocenters. The van der Waals surface area contributed by atoms with Crippen molar-refractivity contribution in [2.45, 2.75) is 23.7 Å². The van der Waals surface area contributed by atoms with Gasteiger partial charge >= 0.3 is 0 Å². The number of nitrogens with zero attached hydrogens (tertiary/aromatic N) is 1. The van der Waals surface area contributed by atoms with Crippen LogP contribution in [-0.4, -0.2) is 45.7 Å². The van der Waals surface area contributed by atoms with Gasteiger partial charge in [0.1, 0.15) is 15.6 Å². The molecule has 2 aromatic rings. The number of hydrogen-bond donors (Lipinski definition) is 4. The summed E-state index contributed by atoms with van der Waals surface area (Å²) in [7, 11) is -3.48. The number of nitrogens with one attached hydrogen (secondary N) is 3. The van der Waals surface area contributed by atoms with Crippen molar-refractivity contribution in [2.24, 2.45) is 4.99 Å². The molecular formula is C16H25IN4O4S2. The van der Waals surface area contributed by atoms with E-state index >= 15 is 0 Å². The third-order valence-electron chi connectivity index (χ3n) is 3.41. The highest BCUT2D eigenvalue weighted by molar-refractivity contribution is 14.0. The predicted molar refractivity (Wildman–Crippen MR) is 117 cm³/mol. The lowest BCUT2D eigenvalue weighted by Crippen LogP contribution is -2.42. The van der Waals surface area contributed by atoms with Crippen molar-refractivity contribution in [3.63, 3.8) is 0 Å². The van der Waals surface area contributed by atoms with Gasteiger partial charge in [-0.3, -0.25) is 0 Å². The average molecular weight is 528 g/mol. The van der Waals surface area contributed by atoms with Crippen LogP contribution in [0.1, 0.15) is 19.6 Å².